The number of carbonyl (C=O) groups is 1. The summed E-state index contributed by atoms with van der Waals surface area (Å²) in [6, 6.07) is 1.52. The van der Waals surface area contributed by atoms with Crippen LogP contribution in [0.1, 0.15) is 24.2 Å². The van der Waals surface area contributed by atoms with Crippen LogP contribution < -0.4 is 9.47 Å². The number of benzene rings is 1. The third kappa shape index (κ3) is 3.11. The smallest absolute Gasteiger partial charge is 0.339 e. The lowest BCUT2D eigenvalue weighted by Crippen LogP contribution is -2.16. The Bertz CT molecular complexity index is 473. The molecule has 106 valence electrons. The molecule has 1 rings (SSSR count). The fourth-order valence-corrected chi connectivity index (χ4v) is 1.97. The fourth-order valence-electron chi connectivity index (χ4n) is 1.69. The van der Waals surface area contributed by atoms with Gasteiger partial charge in [0, 0.05) is 11.1 Å². The maximum Gasteiger partial charge on any atom is 0.339 e. The second kappa shape index (κ2) is 6.63. The molecule has 0 aromatic heterocycles. The monoisotopic (exact) mass is 288 g/mol. The molecule has 0 spiro atoms. The van der Waals surface area contributed by atoms with Crippen LogP contribution in [0.2, 0.25) is 5.02 Å². The lowest BCUT2D eigenvalue weighted by molar-refractivity contribution is -0.153. The van der Waals surface area contributed by atoms with Crippen molar-refractivity contribution < 1.29 is 24.1 Å². The normalized spacial score (nSPS) is 11.9. The van der Waals surface area contributed by atoms with Gasteiger partial charge in [-0.1, -0.05) is 11.6 Å². The summed E-state index contributed by atoms with van der Waals surface area (Å²) in [7, 11) is 2.89. The van der Waals surface area contributed by atoms with Gasteiger partial charge in [0.1, 0.15) is 11.5 Å². The number of hydrogen-bond acceptors (Lipinski definition) is 5. The van der Waals surface area contributed by atoms with Crippen LogP contribution in [0.3, 0.4) is 0 Å². The second-order valence-corrected chi connectivity index (χ2v) is 4.17. The van der Waals surface area contributed by atoms with Crippen LogP contribution in [0.15, 0.2) is 6.07 Å². The molecular formula is C13H17ClO5. The van der Waals surface area contributed by atoms with Gasteiger partial charge < -0.3 is 19.3 Å². The number of rotatable bonds is 5. The summed E-state index contributed by atoms with van der Waals surface area (Å²) in [4.78, 5) is 11.6. The Kier molecular flexibility index (Phi) is 5.44. The van der Waals surface area contributed by atoms with Crippen LogP contribution in [-0.4, -0.2) is 31.9 Å². The molecule has 0 bridgehead atoms. The number of hydrogen-bond donors (Lipinski definition) is 1. The molecule has 0 aliphatic carbocycles. The lowest BCUT2D eigenvalue weighted by Gasteiger charge is -2.18. The first-order valence-electron chi connectivity index (χ1n) is 5.73. The fraction of sp³-hybridized carbons (Fsp3) is 0.462. The zero-order valence-corrected chi connectivity index (χ0v) is 12.1. The van der Waals surface area contributed by atoms with Crippen LogP contribution in [0, 0.1) is 6.92 Å². The van der Waals surface area contributed by atoms with Gasteiger partial charge in [0.2, 0.25) is 0 Å². The molecular weight excluding hydrogens is 272 g/mol. The van der Waals surface area contributed by atoms with Crippen molar-refractivity contribution in [2.24, 2.45) is 0 Å². The molecule has 1 N–H and O–H groups in total. The largest absolute Gasteiger partial charge is 0.496 e. The SMILES string of the molecule is CCOC(=O)C(O)c1cc(OC)c(C)c(Cl)c1OC. The summed E-state index contributed by atoms with van der Waals surface area (Å²) >= 11 is 6.14. The highest BCUT2D eigenvalue weighted by atomic mass is 35.5. The first kappa shape index (κ1) is 15.6. The van der Waals surface area contributed by atoms with Gasteiger partial charge in [-0.05, 0) is 19.9 Å². The van der Waals surface area contributed by atoms with Crippen molar-refractivity contribution in [3.63, 3.8) is 0 Å². The Hall–Kier alpha value is -1.46. The van der Waals surface area contributed by atoms with E-state index in [0.29, 0.717) is 16.3 Å². The molecule has 0 fully saturated rings. The van der Waals surface area contributed by atoms with Crippen LogP contribution in [0.4, 0.5) is 0 Å². The number of halogens is 1. The van der Waals surface area contributed by atoms with Crippen LogP contribution in [0.25, 0.3) is 0 Å². The highest BCUT2D eigenvalue weighted by molar-refractivity contribution is 6.33. The molecule has 1 unspecified atom stereocenters. The van der Waals surface area contributed by atoms with Gasteiger partial charge in [-0.25, -0.2) is 4.79 Å². The summed E-state index contributed by atoms with van der Waals surface area (Å²) in [5, 5.41) is 10.3. The Morgan fingerprint density at radius 3 is 2.53 bits per heavy atom. The Morgan fingerprint density at radius 1 is 1.42 bits per heavy atom. The van der Waals surface area contributed by atoms with E-state index in [1.165, 1.54) is 20.3 Å². The number of esters is 1. The van der Waals surface area contributed by atoms with E-state index in [-0.39, 0.29) is 17.9 Å². The standard InChI is InChI=1S/C13H17ClO5/c1-5-19-13(16)11(15)8-6-9(17-3)7(2)10(14)12(8)18-4/h6,11,15H,5H2,1-4H3. The molecule has 1 atom stereocenters. The molecule has 0 saturated carbocycles. The van der Waals surface area contributed by atoms with Crippen molar-refractivity contribution in [3.8, 4) is 11.5 Å². The van der Waals surface area contributed by atoms with E-state index < -0.39 is 12.1 Å². The molecule has 5 nitrogen and oxygen atoms in total. The molecule has 1 aromatic carbocycles. The van der Waals surface area contributed by atoms with E-state index >= 15 is 0 Å². The minimum Gasteiger partial charge on any atom is -0.496 e. The van der Waals surface area contributed by atoms with Crippen molar-refractivity contribution in [3.05, 3.63) is 22.2 Å². The van der Waals surface area contributed by atoms with Gasteiger partial charge in [0.15, 0.2) is 6.10 Å². The molecule has 0 radical (unpaired) electrons. The molecule has 19 heavy (non-hydrogen) atoms. The Labute approximate surface area is 117 Å². The van der Waals surface area contributed by atoms with Crippen LogP contribution in [-0.2, 0) is 9.53 Å². The van der Waals surface area contributed by atoms with E-state index in [0.717, 1.165) is 0 Å². The molecule has 0 heterocycles. The molecule has 6 heteroatoms. The maximum atomic E-state index is 11.6. The third-order valence-corrected chi connectivity index (χ3v) is 3.13. The highest BCUT2D eigenvalue weighted by Crippen LogP contribution is 2.40. The summed E-state index contributed by atoms with van der Waals surface area (Å²) < 4.78 is 15.1. The number of ether oxygens (including phenoxy) is 3. The van der Waals surface area contributed by atoms with E-state index in [1.807, 2.05) is 0 Å². The van der Waals surface area contributed by atoms with E-state index in [4.69, 9.17) is 25.8 Å². The van der Waals surface area contributed by atoms with E-state index in [2.05, 4.69) is 0 Å². The topological polar surface area (TPSA) is 65.0 Å². The first-order valence-corrected chi connectivity index (χ1v) is 6.11. The molecule has 0 aliphatic rings. The van der Waals surface area contributed by atoms with Gasteiger partial charge >= 0.3 is 5.97 Å². The van der Waals surface area contributed by atoms with Crippen molar-refractivity contribution in [1.82, 2.24) is 0 Å². The van der Waals surface area contributed by atoms with Gasteiger partial charge in [0.25, 0.3) is 0 Å². The number of aliphatic hydroxyl groups excluding tert-OH is 1. The first-order chi connectivity index (χ1) is 8.97. The van der Waals surface area contributed by atoms with Gasteiger partial charge in [-0.15, -0.1) is 0 Å². The van der Waals surface area contributed by atoms with Gasteiger partial charge in [-0.3, -0.25) is 0 Å². The molecule has 0 aliphatic heterocycles. The van der Waals surface area contributed by atoms with Crippen LogP contribution in [0.5, 0.6) is 11.5 Å². The summed E-state index contributed by atoms with van der Waals surface area (Å²) in [6.45, 7) is 3.59. The zero-order chi connectivity index (χ0) is 14.6. The average Bonchev–Trinajstić information content (AvgIpc) is 2.41. The zero-order valence-electron chi connectivity index (χ0n) is 11.3. The van der Waals surface area contributed by atoms with Crippen LogP contribution >= 0.6 is 11.6 Å². The third-order valence-electron chi connectivity index (χ3n) is 2.68. The van der Waals surface area contributed by atoms with Crippen molar-refractivity contribution in [2.75, 3.05) is 20.8 Å². The lowest BCUT2D eigenvalue weighted by atomic mass is 10.0. The quantitative estimate of drug-likeness (QED) is 0.842. The van der Waals surface area contributed by atoms with Gasteiger partial charge in [-0.2, -0.15) is 0 Å². The molecule has 0 saturated heterocycles. The molecule has 0 amide bonds. The summed E-state index contributed by atoms with van der Waals surface area (Å²) in [5.74, 6) is -0.0626. The minimum atomic E-state index is -1.47. The number of carbonyl (C=O) groups excluding carboxylic acids is 1. The van der Waals surface area contributed by atoms with Crippen molar-refractivity contribution >= 4 is 17.6 Å². The molecule has 1 aromatic rings. The maximum absolute atomic E-state index is 11.6. The Morgan fingerprint density at radius 2 is 2.05 bits per heavy atom. The minimum absolute atomic E-state index is 0.176. The Balaban J connectivity index is 3.33. The van der Waals surface area contributed by atoms with Crippen molar-refractivity contribution in [1.29, 1.82) is 0 Å². The highest BCUT2D eigenvalue weighted by Gasteiger charge is 2.26. The summed E-state index contributed by atoms with van der Waals surface area (Å²) in [6.07, 6.45) is -1.47. The number of methoxy groups -OCH3 is 2. The average molecular weight is 289 g/mol. The van der Waals surface area contributed by atoms with E-state index in [9.17, 15) is 9.90 Å². The van der Waals surface area contributed by atoms with Crippen molar-refractivity contribution in [2.45, 2.75) is 20.0 Å². The van der Waals surface area contributed by atoms with Gasteiger partial charge in [0.05, 0.1) is 25.8 Å². The predicted octanol–water partition coefficient (Wildman–Crippen LogP) is 2.26. The predicted molar refractivity (Wildman–Crippen MR) is 70.9 cm³/mol. The number of aliphatic hydroxyl groups is 1. The second-order valence-electron chi connectivity index (χ2n) is 3.79. The van der Waals surface area contributed by atoms with E-state index in [1.54, 1.807) is 13.8 Å². The summed E-state index contributed by atoms with van der Waals surface area (Å²) in [5.41, 5.74) is 0.884.